The zero-order valence-corrected chi connectivity index (χ0v) is 16.9. The van der Waals surface area contributed by atoms with E-state index in [4.69, 9.17) is 5.73 Å². The average molecular weight is 405 g/mol. The Morgan fingerprint density at radius 3 is 2.46 bits per heavy atom. The molecule has 0 spiro atoms. The fourth-order valence-electron chi connectivity index (χ4n) is 2.96. The summed E-state index contributed by atoms with van der Waals surface area (Å²) in [6, 6.07) is 22.7. The molecule has 0 radical (unpaired) electrons. The topological polar surface area (TPSA) is 56.7 Å². The number of nitrogens with two attached hydrogens (primary N) is 1. The molecule has 0 amide bonds. The van der Waals surface area contributed by atoms with Crippen LogP contribution < -0.4 is 5.73 Å². The van der Waals surface area contributed by atoms with E-state index in [2.05, 4.69) is 51.7 Å². The van der Waals surface area contributed by atoms with Gasteiger partial charge < -0.3 is 5.73 Å². The van der Waals surface area contributed by atoms with Gasteiger partial charge in [-0.3, -0.25) is 4.57 Å². The van der Waals surface area contributed by atoms with Crippen LogP contribution >= 0.6 is 23.1 Å². The van der Waals surface area contributed by atoms with Gasteiger partial charge in [0, 0.05) is 10.6 Å². The third-order valence-electron chi connectivity index (χ3n) is 4.29. The summed E-state index contributed by atoms with van der Waals surface area (Å²) in [6.45, 7) is 4.50. The van der Waals surface area contributed by atoms with Crippen LogP contribution in [-0.2, 0) is 6.54 Å². The number of thiophene rings is 1. The van der Waals surface area contributed by atoms with E-state index in [1.54, 1.807) is 23.1 Å². The molecule has 0 aliphatic carbocycles. The molecule has 4 aromatic rings. The van der Waals surface area contributed by atoms with Gasteiger partial charge in [0.1, 0.15) is 0 Å². The van der Waals surface area contributed by atoms with Crippen LogP contribution in [0.5, 0.6) is 0 Å². The zero-order chi connectivity index (χ0) is 19.3. The quantitative estimate of drug-likeness (QED) is 0.323. The molecule has 2 aromatic heterocycles. The Labute approximate surface area is 172 Å². The van der Waals surface area contributed by atoms with Gasteiger partial charge in [-0.15, -0.1) is 28.1 Å². The van der Waals surface area contributed by atoms with Crippen molar-refractivity contribution in [2.45, 2.75) is 11.7 Å². The van der Waals surface area contributed by atoms with Crippen LogP contribution in [0.1, 0.15) is 5.56 Å². The summed E-state index contributed by atoms with van der Waals surface area (Å²) >= 11 is 3.20. The Kier molecular flexibility index (Phi) is 5.60. The second-order valence-corrected chi connectivity index (χ2v) is 8.30. The number of rotatable bonds is 7. The molecule has 6 heteroatoms. The minimum atomic E-state index is 0.693. The van der Waals surface area contributed by atoms with E-state index in [1.807, 2.05) is 42.5 Å². The van der Waals surface area contributed by atoms with Crippen LogP contribution in [0.3, 0.4) is 0 Å². The lowest BCUT2D eigenvalue weighted by atomic mass is 10.1. The van der Waals surface area contributed by atoms with Crippen molar-refractivity contribution in [1.82, 2.24) is 14.8 Å². The lowest BCUT2D eigenvalue weighted by molar-refractivity contribution is 0.715. The van der Waals surface area contributed by atoms with Gasteiger partial charge in [-0.1, -0.05) is 78.5 Å². The first-order valence-electron chi connectivity index (χ1n) is 8.92. The largest absolute Gasteiger partial charge is 0.390 e. The van der Waals surface area contributed by atoms with Crippen molar-refractivity contribution in [3.63, 3.8) is 0 Å². The zero-order valence-electron chi connectivity index (χ0n) is 15.3. The molecule has 4 nitrogen and oxygen atoms in total. The Bertz CT molecular complexity index is 1070. The fraction of sp³-hybridized carbons (Fsp3) is 0.0909. The standard InChI is InChI=1S/C22H20N4S2/c1-2-13-27-22-25-24-21(26(22)15-16-9-5-3-6-10-16)18-14-19(28-20(18)23)17-11-7-4-8-12-17/h2-12,14H,1,13,15,23H2. The molecule has 4 rings (SSSR count). The maximum absolute atomic E-state index is 6.40. The van der Waals surface area contributed by atoms with Gasteiger partial charge in [0.2, 0.25) is 0 Å². The summed E-state index contributed by atoms with van der Waals surface area (Å²) in [5, 5.41) is 10.5. The van der Waals surface area contributed by atoms with Crippen molar-refractivity contribution in [3.8, 4) is 21.8 Å². The summed E-state index contributed by atoms with van der Waals surface area (Å²) in [5.41, 5.74) is 9.67. The van der Waals surface area contributed by atoms with Gasteiger partial charge in [0.15, 0.2) is 11.0 Å². The molecular formula is C22H20N4S2. The molecule has 28 heavy (non-hydrogen) atoms. The van der Waals surface area contributed by atoms with Crippen molar-refractivity contribution >= 4 is 28.1 Å². The molecule has 0 saturated heterocycles. The first-order valence-corrected chi connectivity index (χ1v) is 10.7. The number of hydrogen-bond acceptors (Lipinski definition) is 5. The molecule has 0 atom stereocenters. The Balaban J connectivity index is 1.76. The highest BCUT2D eigenvalue weighted by atomic mass is 32.2. The van der Waals surface area contributed by atoms with Gasteiger partial charge in [-0.2, -0.15) is 0 Å². The van der Waals surface area contributed by atoms with Crippen molar-refractivity contribution < 1.29 is 0 Å². The Hall–Kier alpha value is -2.83. The minimum Gasteiger partial charge on any atom is -0.390 e. The number of thioether (sulfide) groups is 1. The molecule has 0 aliphatic heterocycles. The smallest absolute Gasteiger partial charge is 0.192 e. The van der Waals surface area contributed by atoms with Crippen LogP contribution in [0, 0.1) is 0 Å². The lowest BCUT2D eigenvalue weighted by Gasteiger charge is -2.09. The number of aromatic nitrogens is 3. The van der Waals surface area contributed by atoms with Crippen molar-refractivity contribution in [2.24, 2.45) is 0 Å². The van der Waals surface area contributed by atoms with Crippen molar-refractivity contribution in [3.05, 3.63) is 84.9 Å². The average Bonchev–Trinajstić information content (AvgIpc) is 3.31. The molecular weight excluding hydrogens is 384 g/mol. The van der Waals surface area contributed by atoms with Gasteiger partial charge in [0.25, 0.3) is 0 Å². The highest BCUT2D eigenvalue weighted by Gasteiger charge is 2.19. The predicted molar refractivity (Wildman–Crippen MR) is 120 cm³/mol. The van der Waals surface area contributed by atoms with Crippen molar-refractivity contribution in [1.29, 1.82) is 0 Å². The molecule has 2 N–H and O–H groups in total. The minimum absolute atomic E-state index is 0.693. The van der Waals surface area contributed by atoms with E-state index in [9.17, 15) is 0 Å². The third-order valence-corrected chi connectivity index (χ3v) is 6.27. The molecule has 0 fully saturated rings. The second-order valence-electron chi connectivity index (χ2n) is 6.23. The van der Waals surface area contributed by atoms with Gasteiger partial charge in [-0.05, 0) is 17.2 Å². The maximum atomic E-state index is 6.40. The number of benzene rings is 2. The summed E-state index contributed by atoms with van der Waals surface area (Å²) in [7, 11) is 0. The summed E-state index contributed by atoms with van der Waals surface area (Å²) in [5.74, 6) is 1.58. The van der Waals surface area contributed by atoms with Gasteiger partial charge in [-0.25, -0.2) is 0 Å². The molecule has 0 unspecified atom stereocenters. The summed E-state index contributed by atoms with van der Waals surface area (Å²) < 4.78 is 2.14. The van der Waals surface area contributed by atoms with Crippen LogP contribution in [-0.4, -0.2) is 20.5 Å². The monoisotopic (exact) mass is 404 g/mol. The first-order chi connectivity index (χ1) is 13.8. The molecule has 2 aromatic carbocycles. The van der Waals surface area contributed by atoms with E-state index in [-0.39, 0.29) is 0 Å². The second kappa shape index (κ2) is 8.46. The Morgan fingerprint density at radius 1 is 1.04 bits per heavy atom. The van der Waals surface area contributed by atoms with Crippen molar-refractivity contribution in [2.75, 3.05) is 11.5 Å². The van der Waals surface area contributed by atoms with E-state index < -0.39 is 0 Å². The van der Waals surface area contributed by atoms with E-state index in [1.165, 1.54) is 5.56 Å². The molecule has 2 heterocycles. The van der Waals surface area contributed by atoms with Gasteiger partial charge >= 0.3 is 0 Å². The van der Waals surface area contributed by atoms with E-state index in [0.29, 0.717) is 6.54 Å². The van der Waals surface area contributed by atoms with Crippen LogP contribution in [0.15, 0.2) is 84.5 Å². The van der Waals surface area contributed by atoms with Crippen LogP contribution in [0.2, 0.25) is 0 Å². The van der Waals surface area contributed by atoms with Crippen LogP contribution in [0.25, 0.3) is 21.8 Å². The highest BCUT2D eigenvalue weighted by Crippen LogP contribution is 2.39. The normalized spacial score (nSPS) is 10.9. The fourth-order valence-corrected chi connectivity index (χ4v) is 4.56. The van der Waals surface area contributed by atoms with Crippen LogP contribution in [0.4, 0.5) is 5.00 Å². The molecule has 140 valence electrons. The molecule has 0 bridgehead atoms. The molecule has 0 aliphatic rings. The van der Waals surface area contributed by atoms with E-state index >= 15 is 0 Å². The SMILES string of the molecule is C=CCSc1nnc(-c2cc(-c3ccccc3)sc2N)n1Cc1ccccc1. The maximum Gasteiger partial charge on any atom is 0.192 e. The van der Waals surface area contributed by atoms with Gasteiger partial charge in [0.05, 0.1) is 17.1 Å². The Morgan fingerprint density at radius 2 is 1.75 bits per heavy atom. The third kappa shape index (κ3) is 3.88. The van der Waals surface area contributed by atoms with E-state index in [0.717, 1.165) is 37.7 Å². The highest BCUT2D eigenvalue weighted by molar-refractivity contribution is 7.99. The first kappa shape index (κ1) is 18.5. The number of nitrogens with zero attached hydrogens (tertiary/aromatic N) is 3. The summed E-state index contributed by atoms with van der Waals surface area (Å²) in [4.78, 5) is 1.13. The number of hydrogen-bond donors (Lipinski definition) is 1. The lowest BCUT2D eigenvalue weighted by Crippen LogP contribution is -2.04. The molecule has 0 saturated carbocycles. The number of anilines is 1. The predicted octanol–water partition coefficient (Wildman–Crippen LogP) is 5.58. The number of nitrogen functional groups attached to an aromatic ring is 1. The summed E-state index contributed by atoms with van der Waals surface area (Å²) in [6.07, 6.45) is 1.87.